The van der Waals surface area contributed by atoms with Crippen LogP contribution in [0.1, 0.15) is 22.8 Å². The van der Waals surface area contributed by atoms with Crippen molar-refractivity contribution in [3.05, 3.63) is 86.9 Å². The van der Waals surface area contributed by atoms with E-state index in [1.807, 2.05) is 12.1 Å². The second-order valence-corrected chi connectivity index (χ2v) is 6.01. The number of benzene rings is 1. The Morgan fingerprint density at radius 2 is 1.66 bits per heavy atom. The molecule has 4 rings (SSSR count). The van der Waals surface area contributed by atoms with E-state index in [0.29, 0.717) is 50.9 Å². The highest BCUT2D eigenvalue weighted by Gasteiger charge is 2.31. The third-order valence-corrected chi connectivity index (χ3v) is 4.38. The lowest BCUT2D eigenvalue weighted by Crippen LogP contribution is -1.89. The normalized spacial score (nSPS) is 15.7. The number of nitrogens with zero attached hydrogens (tertiary/aromatic N) is 6. The lowest BCUT2D eigenvalue weighted by Gasteiger charge is -2.05. The molecule has 0 atom stereocenters. The zero-order valence-electron chi connectivity index (χ0n) is 15.0. The molecule has 134 valence electrons. The molecule has 1 aliphatic carbocycles. The third kappa shape index (κ3) is 2.66. The van der Waals surface area contributed by atoms with E-state index >= 15 is 0 Å². The molecule has 0 aliphatic heterocycles. The van der Waals surface area contributed by atoms with Gasteiger partial charge in [-0.05, 0) is 22.8 Å². The molecule has 2 heterocycles. The van der Waals surface area contributed by atoms with Crippen molar-refractivity contribution >= 4 is 28.6 Å². The van der Waals surface area contributed by atoms with Crippen LogP contribution in [0.3, 0.4) is 0 Å². The largest absolute Gasteiger partial charge is 0.421 e. The van der Waals surface area contributed by atoms with Crippen LogP contribution in [-0.2, 0) is 0 Å². The summed E-state index contributed by atoms with van der Waals surface area (Å²) in [5.74, 6) is 0.834. The molecule has 0 saturated heterocycles. The number of allylic oxidation sites excluding steroid dienone is 5. The van der Waals surface area contributed by atoms with Crippen LogP contribution in [0, 0.1) is 42.7 Å². The first-order chi connectivity index (χ1) is 14.1. The van der Waals surface area contributed by atoms with E-state index in [1.54, 1.807) is 37.3 Å². The van der Waals surface area contributed by atoms with Crippen LogP contribution in [0.2, 0.25) is 0 Å². The fourth-order valence-electron chi connectivity index (χ4n) is 3.30. The summed E-state index contributed by atoms with van der Waals surface area (Å²) in [5, 5.41) is 19.0. The third-order valence-electron chi connectivity index (χ3n) is 4.38. The van der Waals surface area contributed by atoms with Crippen molar-refractivity contribution in [1.82, 2.24) is 15.0 Å². The minimum atomic E-state index is -0.134. The molecule has 0 radical (unpaired) electrons. The number of aryl methyl sites for hydroxylation is 1. The van der Waals surface area contributed by atoms with Crippen molar-refractivity contribution < 1.29 is 4.42 Å². The van der Waals surface area contributed by atoms with E-state index in [1.165, 1.54) is 0 Å². The molecular weight excluding hydrogens is 366 g/mol. The van der Waals surface area contributed by atoms with Gasteiger partial charge in [0.25, 0.3) is 17.1 Å². The summed E-state index contributed by atoms with van der Waals surface area (Å²) in [7, 11) is 0. The lowest BCUT2D eigenvalue weighted by atomic mass is 10.00. The zero-order chi connectivity index (χ0) is 20.5. The quantitative estimate of drug-likeness (QED) is 0.504. The number of nitrogens with one attached hydrogen (secondary N) is 1. The summed E-state index contributed by atoms with van der Waals surface area (Å²) < 4.78 is 5.40. The van der Waals surface area contributed by atoms with E-state index < -0.39 is 0 Å². The first-order valence-electron chi connectivity index (χ1n) is 8.30. The molecule has 1 aliphatic rings. The Balaban J connectivity index is 2.09. The van der Waals surface area contributed by atoms with Crippen molar-refractivity contribution in [2.75, 3.05) is 0 Å². The summed E-state index contributed by atoms with van der Waals surface area (Å²) in [6.07, 6.45) is 1.60. The molecule has 2 aromatic heterocycles. The number of rotatable bonds is 1. The Hall–Kier alpha value is -4.92. The molecule has 0 amide bonds. The van der Waals surface area contributed by atoms with Crippen LogP contribution in [-0.4, -0.2) is 15.0 Å². The van der Waals surface area contributed by atoms with Gasteiger partial charge in [-0.25, -0.2) is 20.2 Å². The highest BCUT2D eigenvalue weighted by Crippen LogP contribution is 2.48. The highest BCUT2D eigenvalue weighted by molar-refractivity contribution is 6.14. The van der Waals surface area contributed by atoms with Crippen LogP contribution in [0.15, 0.2) is 45.6 Å². The Kier molecular flexibility index (Phi) is 4.02. The number of H-pyrrole nitrogens is 1. The van der Waals surface area contributed by atoms with Crippen LogP contribution in [0.4, 0.5) is 0 Å². The van der Waals surface area contributed by atoms with Crippen molar-refractivity contribution in [2.24, 2.45) is 0 Å². The number of fused-ring (bicyclic) bond motifs is 2. The van der Waals surface area contributed by atoms with E-state index in [0.717, 1.165) is 0 Å². The average Bonchev–Trinajstić information content (AvgIpc) is 3.35. The summed E-state index contributed by atoms with van der Waals surface area (Å²) in [5.41, 5.74) is 2.86. The van der Waals surface area contributed by atoms with Crippen LogP contribution in [0.5, 0.6) is 0 Å². The molecule has 3 aromatic rings. The van der Waals surface area contributed by atoms with Gasteiger partial charge in [0.2, 0.25) is 0 Å². The molecule has 8 nitrogen and oxygen atoms in total. The molecule has 0 fully saturated rings. The predicted octanol–water partition coefficient (Wildman–Crippen LogP) is 4.26. The van der Waals surface area contributed by atoms with Gasteiger partial charge in [-0.15, -0.1) is 0 Å². The Morgan fingerprint density at radius 3 is 2.14 bits per heavy atom. The summed E-state index contributed by atoms with van der Waals surface area (Å²) in [6.45, 7) is 16.5. The molecule has 0 spiro atoms. The number of nitriles is 2. The summed E-state index contributed by atoms with van der Waals surface area (Å²) in [4.78, 5) is 18.2. The molecule has 29 heavy (non-hydrogen) atoms. The minimum Gasteiger partial charge on any atom is -0.421 e. The van der Waals surface area contributed by atoms with Gasteiger partial charge >= 0.3 is 0 Å². The number of oxazole rings is 1. The fraction of sp³-hybridized carbons (Fsp3) is 0.0476. The monoisotopic (exact) mass is 375 g/mol. The molecule has 0 saturated carbocycles. The van der Waals surface area contributed by atoms with Crippen molar-refractivity contribution in [3.8, 4) is 12.1 Å². The van der Waals surface area contributed by atoms with Crippen LogP contribution >= 0.6 is 0 Å². The van der Waals surface area contributed by atoms with Gasteiger partial charge in [-0.1, -0.05) is 24.3 Å². The van der Waals surface area contributed by atoms with E-state index in [2.05, 4.69) is 24.6 Å². The zero-order valence-corrected chi connectivity index (χ0v) is 15.0. The van der Waals surface area contributed by atoms with Gasteiger partial charge in [0.05, 0.1) is 25.3 Å². The number of aromatic nitrogens is 3. The maximum Gasteiger partial charge on any atom is 0.270 e. The maximum absolute atomic E-state index is 9.51. The summed E-state index contributed by atoms with van der Waals surface area (Å²) in [6, 6.07) is 10.9. The molecule has 0 bridgehead atoms. The lowest BCUT2D eigenvalue weighted by molar-refractivity contribution is 0.551. The maximum atomic E-state index is 9.51. The number of hydrogen-bond acceptors (Lipinski definition) is 5. The number of hydrogen-bond donors (Lipinski definition) is 1. The van der Waals surface area contributed by atoms with Crippen LogP contribution < -0.4 is 0 Å². The van der Waals surface area contributed by atoms with Gasteiger partial charge in [0, 0.05) is 18.1 Å². The first-order valence-corrected chi connectivity index (χ1v) is 8.30. The van der Waals surface area contributed by atoms with E-state index in [9.17, 15) is 10.5 Å². The average molecular weight is 375 g/mol. The minimum absolute atomic E-state index is 0.134. The second-order valence-electron chi connectivity index (χ2n) is 6.01. The van der Waals surface area contributed by atoms with Gasteiger partial charge in [0.15, 0.2) is 11.5 Å². The molecule has 8 heteroatoms. The van der Waals surface area contributed by atoms with Crippen molar-refractivity contribution in [2.45, 2.75) is 6.92 Å². The van der Waals surface area contributed by atoms with Crippen LogP contribution in [0.25, 0.3) is 38.3 Å². The van der Waals surface area contributed by atoms with Crippen molar-refractivity contribution in [3.63, 3.8) is 0 Å². The molecule has 1 aromatic carbocycles. The summed E-state index contributed by atoms with van der Waals surface area (Å²) >= 11 is 0. The van der Waals surface area contributed by atoms with Gasteiger partial charge in [-0.2, -0.15) is 9.97 Å². The topological polar surface area (TPSA) is 111 Å². The SMILES string of the molecule is [C-]#[N+]/C(C#N)=C1\C(=Cc2nc3oc(C)nc3[nH]2)/C(=C(/C#N)[N+]#[C-])c2ccccc21. The Labute approximate surface area is 165 Å². The number of aromatic amines is 1. The second kappa shape index (κ2) is 6.67. The number of imidazole rings is 1. The van der Waals surface area contributed by atoms with Gasteiger partial charge in [-0.3, -0.25) is 0 Å². The Morgan fingerprint density at radius 1 is 1.07 bits per heavy atom. The molecular formula is C21H9N7O. The van der Waals surface area contributed by atoms with Crippen molar-refractivity contribution in [1.29, 1.82) is 10.5 Å². The smallest absolute Gasteiger partial charge is 0.270 e. The van der Waals surface area contributed by atoms with E-state index in [-0.39, 0.29) is 11.4 Å². The fourth-order valence-corrected chi connectivity index (χ4v) is 3.30. The molecule has 1 N–H and O–H groups in total. The Bertz CT molecular complexity index is 1310. The molecule has 0 unspecified atom stereocenters. The highest BCUT2D eigenvalue weighted by atomic mass is 16.4. The van der Waals surface area contributed by atoms with E-state index in [4.69, 9.17) is 17.6 Å². The predicted molar refractivity (Wildman–Crippen MR) is 104 cm³/mol. The standard InChI is InChI=1S/C21H9N7O/c1-11-26-20-21(29-11)28-17(27-20)8-14-18(15(9-22)24-2)12-6-4-5-7-13(12)19(14)16(10-23)25-3/h4-8H,1H3,(H,27,28)/b18-15-,19-16-. The first kappa shape index (κ1) is 17.5. The van der Waals surface area contributed by atoms with Gasteiger partial charge < -0.3 is 9.40 Å². The van der Waals surface area contributed by atoms with Gasteiger partial charge in [0.1, 0.15) is 5.82 Å².